The summed E-state index contributed by atoms with van der Waals surface area (Å²) in [6, 6.07) is 15.7. The van der Waals surface area contributed by atoms with Crippen molar-refractivity contribution in [2.24, 2.45) is 0 Å². The second-order valence-corrected chi connectivity index (χ2v) is 6.77. The highest BCUT2D eigenvalue weighted by Gasteiger charge is 2.18. The maximum atomic E-state index is 12.5. The summed E-state index contributed by atoms with van der Waals surface area (Å²) in [6.45, 7) is 2.03. The molecule has 1 unspecified atom stereocenters. The molecule has 6 heteroatoms. The van der Waals surface area contributed by atoms with E-state index in [0.717, 1.165) is 27.5 Å². The quantitative estimate of drug-likeness (QED) is 0.682. The zero-order valence-corrected chi connectivity index (χ0v) is 15.3. The number of nitrogens with one attached hydrogen (secondary N) is 1. The Hall–Kier alpha value is -2.47. The van der Waals surface area contributed by atoms with Crippen LogP contribution in [-0.2, 0) is 4.79 Å². The van der Waals surface area contributed by atoms with E-state index in [1.54, 1.807) is 12.0 Å². The van der Waals surface area contributed by atoms with Gasteiger partial charge in [-0.3, -0.25) is 4.79 Å². The van der Waals surface area contributed by atoms with Crippen LogP contribution in [0.1, 0.15) is 18.5 Å². The van der Waals surface area contributed by atoms with E-state index in [4.69, 9.17) is 4.74 Å². The average molecular weight is 355 g/mol. The summed E-state index contributed by atoms with van der Waals surface area (Å²) in [7, 11) is 3.47. The van der Waals surface area contributed by atoms with E-state index < -0.39 is 0 Å². The molecule has 3 rings (SSSR count). The first-order valence-corrected chi connectivity index (χ1v) is 9.04. The minimum Gasteiger partial charge on any atom is -0.497 e. The number of thioether (sulfide) groups is 1. The number of imidazole rings is 1. The Labute approximate surface area is 151 Å². The van der Waals surface area contributed by atoms with Crippen molar-refractivity contribution in [1.29, 1.82) is 0 Å². The van der Waals surface area contributed by atoms with Gasteiger partial charge in [-0.25, -0.2) is 4.98 Å². The lowest BCUT2D eigenvalue weighted by Gasteiger charge is -2.25. The number of aromatic amines is 1. The van der Waals surface area contributed by atoms with Gasteiger partial charge in [0.1, 0.15) is 5.75 Å². The van der Waals surface area contributed by atoms with Crippen LogP contribution in [0.25, 0.3) is 11.0 Å². The molecular formula is C19H21N3O2S. The van der Waals surface area contributed by atoms with Crippen LogP contribution in [0.4, 0.5) is 0 Å². The normalized spacial score (nSPS) is 12.1. The number of amides is 1. The van der Waals surface area contributed by atoms with E-state index in [-0.39, 0.29) is 11.9 Å². The zero-order valence-electron chi connectivity index (χ0n) is 14.5. The van der Waals surface area contributed by atoms with Crippen molar-refractivity contribution >= 4 is 28.7 Å². The van der Waals surface area contributed by atoms with E-state index in [1.165, 1.54) is 11.8 Å². The number of carbonyl (C=O) groups excluding carboxylic acids is 1. The van der Waals surface area contributed by atoms with Crippen molar-refractivity contribution in [3.05, 3.63) is 54.1 Å². The Bertz CT molecular complexity index is 863. The van der Waals surface area contributed by atoms with Crippen molar-refractivity contribution in [2.45, 2.75) is 18.1 Å². The summed E-state index contributed by atoms with van der Waals surface area (Å²) >= 11 is 1.41. The molecule has 0 aliphatic heterocycles. The van der Waals surface area contributed by atoms with Gasteiger partial charge in [-0.05, 0) is 24.6 Å². The van der Waals surface area contributed by atoms with Crippen LogP contribution in [-0.4, -0.2) is 40.7 Å². The van der Waals surface area contributed by atoms with E-state index in [9.17, 15) is 4.79 Å². The van der Waals surface area contributed by atoms with Crippen molar-refractivity contribution in [2.75, 3.05) is 19.9 Å². The first-order valence-electron chi connectivity index (χ1n) is 8.05. The molecule has 25 heavy (non-hydrogen) atoms. The molecule has 0 fully saturated rings. The van der Waals surface area contributed by atoms with Gasteiger partial charge in [0.2, 0.25) is 5.91 Å². The Balaban J connectivity index is 1.63. The van der Waals surface area contributed by atoms with Crippen LogP contribution in [0.2, 0.25) is 0 Å². The molecule has 0 aliphatic carbocycles. The van der Waals surface area contributed by atoms with Crippen LogP contribution < -0.4 is 4.74 Å². The molecule has 5 nitrogen and oxygen atoms in total. The summed E-state index contributed by atoms with van der Waals surface area (Å²) in [5, 5.41) is 0.734. The molecule has 3 aromatic rings. The van der Waals surface area contributed by atoms with E-state index in [2.05, 4.69) is 9.97 Å². The average Bonchev–Trinajstić information content (AvgIpc) is 3.07. The SMILES string of the molecule is COc1ccc2nc(SCC(=O)N(C)C(C)c3ccccc3)[nH]c2c1. The molecule has 0 spiro atoms. The third kappa shape index (κ3) is 3.96. The van der Waals surface area contributed by atoms with Crippen LogP contribution in [0.3, 0.4) is 0 Å². The number of methoxy groups -OCH3 is 1. The third-order valence-corrected chi connectivity index (χ3v) is 5.11. The highest BCUT2D eigenvalue weighted by atomic mass is 32.2. The first kappa shape index (κ1) is 17.4. The molecule has 1 amide bonds. The molecule has 0 radical (unpaired) electrons. The lowest BCUT2D eigenvalue weighted by Crippen LogP contribution is -2.31. The molecule has 130 valence electrons. The second-order valence-electron chi connectivity index (χ2n) is 5.81. The fraction of sp³-hybridized carbons (Fsp3) is 0.263. The number of ether oxygens (including phenoxy) is 1. The number of aromatic nitrogens is 2. The van der Waals surface area contributed by atoms with Gasteiger partial charge in [-0.1, -0.05) is 42.1 Å². The summed E-state index contributed by atoms with van der Waals surface area (Å²) in [5.41, 5.74) is 2.89. The lowest BCUT2D eigenvalue weighted by atomic mass is 10.1. The number of hydrogen-bond donors (Lipinski definition) is 1. The third-order valence-electron chi connectivity index (χ3n) is 4.26. The van der Waals surface area contributed by atoms with E-state index >= 15 is 0 Å². The molecule has 1 atom stereocenters. The van der Waals surface area contributed by atoms with E-state index in [0.29, 0.717) is 5.75 Å². The number of nitrogens with zero attached hydrogens (tertiary/aromatic N) is 2. The van der Waals surface area contributed by atoms with Gasteiger partial charge in [-0.15, -0.1) is 0 Å². The Morgan fingerprint density at radius 3 is 2.76 bits per heavy atom. The van der Waals surface area contributed by atoms with Gasteiger partial charge in [0, 0.05) is 13.1 Å². The highest BCUT2D eigenvalue weighted by Crippen LogP contribution is 2.24. The van der Waals surface area contributed by atoms with Gasteiger partial charge >= 0.3 is 0 Å². The molecule has 1 N–H and O–H groups in total. The smallest absolute Gasteiger partial charge is 0.233 e. The van der Waals surface area contributed by atoms with Crippen LogP contribution >= 0.6 is 11.8 Å². The van der Waals surface area contributed by atoms with E-state index in [1.807, 2.05) is 62.5 Å². The van der Waals surface area contributed by atoms with Crippen LogP contribution in [0.15, 0.2) is 53.7 Å². The summed E-state index contributed by atoms with van der Waals surface area (Å²) in [6.07, 6.45) is 0. The predicted molar refractivity (Wildman–Crippen MR) is 101 cm³/mol. The fourth-order valence-corrected chi connectivity index (χ4v) is 3.37. The number of hydrogen-bond acceptors (Lipinski definition) is 4. The van der Waals surface area contributed by atoms with Gasteiger partial charge in [-0.2, -0.15) is 0 Å². The number of benzene rings is 2. The minimum absolute atomic E-state index is 0.0363. The maximum Gasteiger partial charge on any atom is 0.233 e. The molecular weight excluding hydrogens is 334 g/mol. The van der Waals surface area contributed by atoms with Crippen LogP contribution in [0.5, 0.6) is 5.75 Å². The Morgan fingerprint density at radius 2 is 2.04 bits per heavy atom. The molecule has 0 saturated carbocycles. The minimum atomic E-state index is 0.0363. The second kappa shape index (κ2) is 7.61. The Morgan fingerprint density at radius 1 is 1.28 bits per heavy atom. The number of rotatable bonds is 6. The lowest BCUT2D eigenvalue weighted by molar-refractivity contribution is -0.128. The largest absolute Gasteiger partial charge is 0.497 e. The first-order chi connectivity index (χ1) is 12.1. The molecule has 0 saturated heterocycles. The molecule has 2 aromatic carbocycles. The number of fused-ring (bicyclic) bond motifs is 1. The zero-order chi connectivity index (χ0) is 17.8. The summed E-state index contributed by atoms with van der Waals surface area (Å²) in [4.78, 5) is 22.0. The van der Waals surface area contributed by atoms with Gasteiger partial charge in [0.15, 0.2) is 5.16 Å². The predicted octanol–water partition coefficient (Wildman–Crippen LogP) is 3.88. The monoisotopic (exact) mass is 355 g/mol. The summed E-state index contributed by atoms with van der Waals surface area (Å²) in [5.74, 6) is 1.18. The van der Waals surface area contributed by atoms with Gasteiger partial charge < -0.3 is 14.6 Å². The topological polar surface area (TPSA) is 58.2 Å². The van der Waals surface area contributed by atoms with Gasteiger partial charge in [0.05, 0.1) is 29.9 Å². The van der Waals surface area contributed by atoms with Gasteiger partial charge in [0.25, 0.3) is 0 Å². The molecule has 1 aromatic heterocycles. The van der Waals surface area contributed by atoms with Crippen LogP contribution in [0, 0.1) is 0 Å². The standard InChI is InChI=1S/C19H21N3O2S/c1-13(14-7-5-4-6-8-14)22(2)18(23)12-25-19-20-16-10-9-15(24-3)11-17(16)21-19/h4-11,13H,12H2,1-3H3,(H,20,21). The number of carbonyl (C=O) groups is 1. The fourth-order valence-electron chi connectivity index (χ4n) is 2.56. The van der Waals surface area contributed by atoms with Crippen molar-refractivity contribution in [3.8, 4) is 5.75 Å². The van der Waals surface area contributed by atoms with Crippen molar-refractivity contribution in [1.82, 2.24) is 14.9 Å². The Kier molecular flexibility index (Phi) is 5.28. The molecule has 1 heterocycles. The molecule has 0 aliphatic rings. The highest BCUT2D eigenvalue weighted by molar-refractivity contribution is 7.99. The van der Waals surface area contributed by atoms with Crippen molar-refractivity contribution < 1.29 is 9.53 Å². The maximum absolute atomic E-state index is 12.5. The van der Waals surface area contributed by atoms with Crippen molar-refractivity contribution in [3.63, 3.8) is 0 Å². The number of H-pyrrole nitrogens is 1. The summed E-state index contributed by atoms with van der Waals surface area (Å²) < 4.78 is 5.21. The molecule has 0 bridgehead atoms.